The average molecular weight is 247 g/mol. The highest BCUT2D eigenvalue weighted by molar-refractivity contribution is 5.36. The van der Waals surface area contributed by atoms with Crippen molar-refractivity contribution in [2.45, 2.75) is 58.6 Å². The second kappa shape index (κ2) is 4.58. The number of benzene rings is 1. The molecule has 1 aromatic carbocycles. The van der Waals surface area contributed by atoms with Crippen molar-refractivity contribution in [1.82, 2.24) is 5.32 Å². The molecule has 0 heterocycles. The SMILES string of the molecule is Cc1ccc(OC2(CNC(C)(C)C)CC2)c(C)c1. The van der Waals surface area contributed by atoms with E-state index in [0.717, 1.165) is 25.1 Å². The first-order valence-electron chi connectivity index (χ1n) is 6.81. The zero-order valence-electron chi connectivity index (χ0n) is 12.3. The van der Waals surface area contributed by atoms with Gasteiger partial charge in [-0.15, -0.1) is 0 Å². The summed E-state index contributed by atoms with van der Waals surface area (Å²) >= 11 is 0. The van der Waals surface area contributed by atoms with Gasteiger partial charge in [0.2, 0.25) is 0 Å². The van der Waals surface area contributed by atoms with Gasteiger partial charge < -0.3 is 10.1 Å². The van der Waals surface area contributed by atoms with Gasteiger partial charge in [-0.3, -0.25) is 0 Å². The van der Waals surface area contributed by atoms with Crippen LogP contribution in [0.2, 0.25) is 0 Å². The van der Waals surface area contributed by atoms with E-state index in [1.165, 1.54) is 11.1 Å². The molecule has 1 saturated carbocycles. The second-order valence-electron chi connectivity index (χ2n) is 6.66. The molecule has 0 aliphatic heterocycles. The van der Waals surface area contributed by atoms with Gasteiger partial charge in [-0.05, 0) is 59.1 Å². The van der Waals surface area contributed by atoms with Crippen molar-refractivity contribution in [3.8, 4) is 5.75 Å². The number of rotatable bonds is 4. The molecule has 1 aliphatic carbocycles. The molecule has 1 aliphatic rings. The van der Waals surface area contributed by atoms with E-state index in [2.05, 4.69) is 58.1 Å². The highest BCUT2D eigenvalue weighted by Gasteiger charge is 2.46. The summed E-state index contributed by atoms with van der Waals surface area (Å²) in [7, 11) is 0. The Bertz CT molecular complexity index is 427. The van der Waals surface area contributed by atoms with Gasteiger partial charge in [0, 0.05) is 12.1 Å². The molecule has 100 valence electrons. The maximum absolute atomic E-state index is 6.23. The van der Waals surface area contributed by atoms with Crippen molar-refractivity contribution in [3.63, 3.8) is 0 Å². The van der Waals surface area contributed by atoms with Gasteiger partial charge in [0.15, 0.2) is 0 Å². The smallest absolute Gasteiger partial charge is 0.123 e. The van der Waals surface area contributed by atoms with E-state index in [1.807, 2.05) is 0 Å². The molecule has 0 atom stereocenters. The Morgan fingerprint density at radius 2 is 1.89 bits per heavy atom. The fraction of sp³-hybridized carbons (Fsp3) is 0.625. The van der Waals surface area contributed by atoms with Crippen LogP contribution < -0.4 is 10.1 Å². The van der Waals surface area contributed by atoms with Gasteiger partial charge in [-0.2, -0.15) is 0 Å². The quantitative estimate of drug-likeness (QED) is 0.877. The summed E-state index contributed by atoms with van der Waals surface area (Å²) < 4.78 is 6.23. The number of ether oxygens (including phenoxy) is 1. The van der Waals surface area contributed by atoms with Crippen LogP contribution in [-0.4, -0.2) is 17.7 Å². The lowest BCUT2D eigenvalue weighted by molar-refractivity contribution is 0.163. The minimum Gasteiger partial charge on any atom is -0.486 e. The van der Waals surface area contributed by atoms with Crippen LogP contribution in [0.25, 0.3) is 0 Å². The van der Waals surface area contributed by atoms with Gasteiger partial charge in [0.1, 0.15) is 11.4 Å². The minimum atomic E-state index is 0.0350. The topological polar surface area (TPSA) is 21.3 Å². The molecule has 1 fully saturated rings. The Hall–Kier alpha value is -1.02. The zero-order chi connectivity index (χ0) is 13.4. The van der Waals surface area contributed by atoms with E-state index in [0.29, 0.717) is 0 Å². The van der Waals surface area contributed by atoms with Crippen LogP contribution in [0.1, 0.15) is 44.7 Å². The molecule has 0 spiro atoms. The molecule has 0 amide bonds. The van der Waals surface area contributed by atoms with Gasteiger partial charge in [0.25, 0.3) is 0 Å². The summed E-state index contributed by atoms with van der Waals surface area (Å²) in [5.74, 6) is 1.04. The van der Waals surface area contributed by atoms with Crippen molar-refractivity contribution in [3.05, 3.63) is 29.3 Å². The van der Waals surface area contributed by atoms with E-state index in [9.17, 15) is 0 Å². The van der Waals surface area contributed by atoms with Gasteiger partial charge >= 0.3 is 0 Å². The summed E-state index contributed by atoms with van der Waals surface area (Å²) in [5.41, 5.74) is 2.71. The third-order valence-corrected chi connectivity index (χ3v) is 3.41. The Balaban J connectivity index is 2.00. The van der Waals surface area contributed by atoms with Crippen LogP contribution in [0.4, 0.5) is 0 Å². The summed E-state index contributed by atoms with van der Waals surface area (Å²) in [5, 5.41) is 3.55. The van der Waals surface area contributed by atoms with E-state index < -0.39 is 0 Å². The van der Waals surface area contributed by atoms with Gasteiger partial charge in [0.05, 0.1) is 0 Å². The fourth-order valence-electron chi connectivity index (χ4n) is 2.03. The highest BCUT2D eigenvalue weighted by Crippen LogP contribution is 2.41. The number of hydrogen-bond acceptors (Lipinski definition) is 2. The fourth-order valence-corrected chi connectivity index (χ4v) is 2.03. The highest BCUT2D eigenvalue weighted by atomic mass is 16.5. The molecule has 0 saturated heterocycles. The summed E-state index contributed by atoms with van der Waals surface area (Å²) in [6.07, 6.45) is 2.31. The van der Waals surface area contributed by atoms with E-state index in [1.54, 1.807) is 0 Å². The van der Waals surface area contributed by atoms with E-state index in [4.69, 9.17) is 4.74 Å². The number of nitrogens with one attached hydrogen (secondary N) is 1. The minimum absolute atomic E-state index is 0.0350. The van der Waals surface area contributed by atoms with Crippen LogP contribution in [0, 0.1) is 13.8 Å². The Morgan fingerprint density at radius 1 is 1.22 bits per heavy atom. The summed E-state index contributed by atoms with van der Waals surface area (Å²) in [4.78, 5) is 0. The van der Waals surface area contributed by atoms with Crippen molar-refractivity contribution >= 4 is 0 Å². The maximum atomic E-state index is 6.23. The van der Waals surface area contributed by atoms with Crippen molar-refractivity contribution in [1.29, 1.82) is 0 Å². The molecule has 1 aromatic rings. The van der Waals surface area contributed by atoms with Crippen LogP contribution >= 0.6 is 0 Å². The molecule has 0 bridgehead atoms. The molecule has 2 heteroatoms. The molecule has 18 heavy (non-hydrogen) atoms. The third kappa shape index (κ3) is 3.49. The monoisotopic (exact) mass is 247 g/mol. The zero-order valence-corrected chi connectivity index (χ0v) is 12.3. The first-order chi connectivity index (χ1) is 8.30. The van der Waals surface area contributed by atoms with E-state index in [-0.39, 0.29) is 11.1 Å². The molecule has 2 rings (SSSR count). The Labute approximate surface area is 111 Å². The average Bonchev–Trinajstić information content (AvgIpc) is 3.00. The summed E-state index contributed by atoms with van der Waals surface area (Å²) in [6.45, 7) is 11.8. The molecule has 0 radical (unpaired) electrons. The lowest BCUT2D eigenvalue weighted by atomic mass is 10.1. The van der Waals surface area contributed by atoms with Crippen LogP contribution in [0.3, 0.4) is 0 Å². The molecule has 1 N–H and O–H groups in total. The molecular formula is C16H25NO. The van der Waals surface area contributed by atoms with Crippen LogP contribution in [-0.2, 0) is 0 Å². The second-order valence-corrected chi connectivity index (χ2v) is 6.66. The first-order valence-corrected chi connectivity index (χ1v) is 6.81. The molecular weight excluding hydrogens is 222 g/mol. The Morgan fingerprint density at radius 3 is 2.39 bits per heavy atom. The normalized spacial score (nSPS) is 17.6. The summed E-state index contributed by atoms with van der Waals surface area (Å²) in [6, 6.07) is 6.40. The number of aryl methyl sites for hydroxylation is 2. The molecule has 0 unspecified atom stereocenters. The Kier molecular flexibility index (Phi) is 3.41. The van der Waals surface area contributed by atoms with Crippen LogP contribution in [0.5, 0.6) is 5.75 Å². The van der Waals surface area contributed by atoms with Crippen molar-refractivity contribution in [2.75, 3.05) is 6.54 Å². The third-order valence-electron chi connectivity index (χ3n) is 3.41. The number of hydrogen-bond donors (Lipinski definition) is 1. The predicted molar refractivity (Wildman–Crippen MR) is 76.3 cm³/mol. The standard InChI is InChI=1S/C16H25NO/c1-12-6-7-14(13(2)10-12)18-16(8-9-16)11-17-15(3,4)5/h6-7,10,17H,8-9,11H2,1-5H3. The maximum Gasteiger partial charge on any atom is 0.123 e. The largest absolute Gasteiger partial charge is 0.486 e. The first kappa shape index (κ1) is 13.4. The van der Waals surface area contributed by atoms with Crippen molar-refractivity contribution in [2.24, 2.45) is 0 Å². The lowest BCUT2D eigenvalue weighted by Crippen LogP contribution is -2.43. The van der Waals surface area contributed by atoms with Crippen molar-refractivity contribution < 1.29 is 4.74 Å². The predicted octanol–water partition coefficient (Wildman–Crippen LogP) is 3.60. The molecule has 0 aromatic heterocycles. The molecule has 2 nitrogen and oxygen atoms in total. The lowest BCUT2D eigenvalue weighted by Gasteiger charge is -2.26. The van der Waals surface area contributed by atoms with E-state index >= 15 is 0 Å². The van der Waals surface area contributed by atoms with Crippen LogP contribution in [0.15, 0.2) is 18.2 Å². The van der Waals surface area contributed by atoms with Gasteiger partial charge in [-0.25, -0.2) is 0 Å². The van der Waals surface area contributed by atoms with Gasteiger partial charge in [-0.1, -0.05) is 17.7 Å².